The molecule has 0 atom stereocenters. The molecule has 0 aliphatic heterocycles. The number of anilines is 1. The highest BCUT2D eigenvalue weighted by molar-refractivity contribution is 5.46. The van der Waals surface area contributed by atoms with Crippen LogP contribution < -0.4 is 5.32 Å². The van der Waals surface area contributed by atoms with Crippen molar-refractivity contribution >= 4 is 5.69 Å². The summed E-state index contributed by atoms with van der Waals surface area (Å²) in [5.74, 6) is -1.41. The molecule has 2 nitrogen and oxygen atoms in total. The Kier molecular flexibility index (Phi) is 4.89. The van der Waals surface area contributed by atoms with Gasteiger partial charge < -0.3 is 5.32 Å². The maximum Gasteiger partial charge on any atom is 0.132 e. The molecule has 0 heterocycles. The van der Waals surface area contributed by atoms with Crippen LogP contribution >= 0.6 is 0 Å². The summed E-state index contributed by atoms with van der Waals surface area (Å²) in [7, 11) is 0. The number of aryl methyl sites for hydroxylation is 1. The third kappa shape index (κ3) is 3.79. The van der Waals surface area contributed by atoms with Gasteiger partial charge in [0.15, 0.2) is 0 Å². The lowest BCUT2D eigenvalue weighted by atomic mass is 10.1. The molecule has 108 valence electrons. The van der Waals surface area contributed by atoms with E-state index in [1.165, 1.54) is 5.56 Å². The van der Waals surface area contributed by atoms with Crippen LogP contribution in [-0.4, -0.2) is 0 Å². The Morgan fingerprint density at radius 1 is 1.10 bits per heavy atom. The minimum atomic E-state index is -0.707. The van der Waals surface area contributed by atoms with E-state index >= 15 is 0 Å². The minimum absolute atomic E-state index is 0.0160. The summed E-state index contributed by atoms with van der Waals surface area (Å²) in [6.45, 7) is 2.15. The second-order valence-electron chi connectivity index (χ2n) is 4.83. The van der Waals surface area contributed by atoms with Crippen LogP contribution in [0.1, 0.15) is 30.0 Å². The zero-order valence-electron chi connectivity index (χ0n) is 11.8. The van der Waals surface area contributed by atoms with E-state index in [1.807, 2.05) is 24.3 Å². The lowest BCUT2D eigenvalue weighted by molar-refractivity contribution is 0.559. The van der Waals surface area contributed by atoms with E-state index in [1.54, 1.807) is 6.07 Å². The van der Waals surface area contributed by atoms with Crippen LogP contribution in [0.5, 0.6) is 0 Å². The molecule has 0 radical (unpaired) electrons. The molecule has 0 unspecified atom stereocenters. The Labute approximate surface area is 123 Å². The van der Waals surface area contributed by atoms with Gasteiger partial charge in [0.25, 0.3) is 0 Å². The van der Waals surface area contributed by atoms with Crippen molar-refractivity contribution in [2.45, 2.75) is 26.3 Å². The van der Waals surface area contributed by atoms with E-state index < -0.39 is 11.6 Å². The van der Waals surface area contributed by atoms with Gasteiger partial charge >= 0.3 is 0 Å². The Morgan fingerprint density at radius 2 is 1.71 bits per heavy atom. The smallest absolute Gasteiger partial charge is 0.132 e. The van der Waals surface area contributed by atoms with Gasteiger partial charge in [-0.15, -0.1) is 0 Å². The first kappa shape index (κ1) is 15.0. The molecular formula is C17H16F2N2. The number of nitrogens with zero attached hydrogens (tertiary/aromatic N) is 1. The average molecular weight is 286 g/mol. The van der Waals surface area contributed by atoms with E-state index in [0.29, 0.717) is 0 Å². The molecule has 2 aromatic rings. The van der Waals surface area contributed by atoms with E-state index in [2.05, 4.69) is 12.2 Å². The first-order valence-electron chi connectivity index (χ1n) is 6.85. The Bertz CT molecular complexity index is 634. The summed E-state index contributed by atoms with van der Waals surface area (Å²) in [6, 6.07) is 11.6. The van der Waals surface area contributed by atoms with E-state index in [9.17, 15) is 8.78 Å². The zero-order valence-corrected chi connectivity index (χ0v) is 11.8. The SMILES string of the molecule is CCCc1ccc(NCc2c(F)cc(C#N)cc2F)cc1. The van der Waals surface area contributed by atoms with Crippen molar-refractivity contribution in [1.29, 1.82) is 5.26 Å². The zero-order chi connectivity index (χ0) is 15.2. The van der Waals surface area contributed by atoms with Gasteiger partial charge in [-0.25, -0.2) is 8.78 Å². The van der Waals surface area contributed by atoms with Crippen LogP contribution in [0.4, 0.5) is 14.5 Å². The largest absolute Gasteiger partial charge is 0.381 e. The van der Waals surface area contributed by atoms with Gasteiger partial charge in [-0.05, 0) is 36.2 Å². The second-order valence-corrected chi connectivity index (χ2v) is 4.83. The standard InChI is InChI=1S/C17H16F2N2/c1-2-3-12-4-6-14(7-5-12)21-11-15-16(18)8-13(10-20)9-17(15)19/h4-9,21H,2-3,11H2,1H3. The highest BCUT2D eigenvalue weighted by Gasteiger charge is 2.11. The molecule has 0 saturated carbocycles. The minimum Gasteiger partial charge on any atom is -0.381 e. The first-order chi connectivity index (χ1) is 10.1. The normalized spacial score (nSPS) is 10.2. The van der Waals surface area contributed by atoms with Crippen molar-refractivity contribution in [3.05, 3.63) is 64.7 Å². The van der Waals surface area contributed by atoms with Gasteiger partial charge in [0.1, 0.15) is 11.6 Å². The van der Waals surface area contributed by atoms with Crippen LogP contribution in [-0.2, 0) is 13.0 Å². The Morgan fingerprint density at radius 3 is 2.24 bits per heavy atom. The fraction of sp³-hybridized carbons (Fsp3) is 0.235. The van der Waals surface area contributed by atoms with Gasteiger partial charge in [-0.1, -0.05) is 25.5 Å². The summed E-state index contributed by atoms with van der Waals surface area (Å²) in [4.78, 5) is 0. The van der Waals surface area contributed by atoms with Gasteiger partial charge in [-0.2, -0.15) is 5.26 Å². The van der Waals surface area contributed by atoms with Gasteiger partial charge in [0.05, 0.1) is 11.6 Å². The number of hydrogen-bond donors (Lipinski definition) is 1. The molecule has 1 N–H and O–H groups in total. The summed E-state index contributed by atoms with van der Waals surface area (Å²) >= 11 is 0. The highest BCUT2D eigenvalue weighted by Crippen LogP contribution is 2.18. The lowest BCUT2D eigenvalue weighted by Gasteiger charge is -2.09. The van der Waals surface area contributed by atoms with Crippen LogP contribution in [0.2, 0.25) is 0 Å². The van der Waals surface area contributed by atoms with Crippen LogP contribution in [0.25, 0.3) is 0 Å². The first-order valence-corrected chi connectivity index (χ1v) is 6.85. The van der Waals surface area contributed by atoms with Gasteiger partial charge in [-0.3, -0.25) is 0 Å². The van der Waals surface area contributed by atoms with Crippen LogP contribution in [0.15, 0.2) is 36.4 Å². The van der Waals surface area contributed by atoms with Crippen molar-refractivity contribution in [2.24, 2.45) is 0 Å². The Balaban J connectivity index is 2.08. The quantitative estimate of drug-likeness (QED) is 0.884. The van der Waals surface area contributed by atoms with Crippen molar-refractivity contribution in [3.8, 4) is 6.07 Å². The fourth-order valence-corrected chi connectivity index (χ4v) is 2.10. The van der Waals surface area contributed by atoms with Gasteiger partial charge in [0.2, 0.25) is 0 Å². The van der Waals surface area contributed by atoms with E-state index in [0.717, 1.165) is 30.7 Å². The third-order valence-electron chi connectivity index (χ3n) is 3.23. The Hall–Kier alpha value is -2.41. The molecule has 0 amide bonds. The number of benzene rings is 2. The topological polar surface area (TPSA) is 35.8 Å². The molecule has 2 aromatic carbocycles. The molecule has 0 fully saturated rings. The number of nitrogens with one attached hydrogen (secondary N) is 1. The van der Waals surface area contributed by atoms with Crippen LogP contribution in [0.3, 0.4) is 0 Å². The predicted octanol–water partition coefficient (Wildman–Crippen LogP) is 4.40. The average Bonchev–Trinajstić information content (AvgIpc) is 2.48. The molecule has 0 spiro atoms. The molecule has 0 bridgehead atoms. The highest BCUT2D eigenvalue weighted by atomic mass is 19.1. The molecule has 0 saturated heterocycles. The lowest BCUT2D eigenvalue weighted by Crippen LogP contribution is -2.05. The maximum atomic E-state index is 13.7. The number of hydrogen-bond acceptors (Lipinski definition) is 2. The molecule has 0 aliphatic carbocycles. The number of nitriles is 1. The maximum absolute atomic E-state index is 13.7. The molecular weight excluding hydrogens is 270 g/mol. The number of halogens is 2. The molecule has 21 heavy (non-hydrogen) atoms. The summed E-state index contributed by atoms with van der Waals surface area (Å²) in [5, 5.41) is 11.6. The van der Waals surface area contributed by atoms with Crippen LogP contribution in [0, 0.1) is 23.0 Å². The number of rotatable bonds is 5. The molecule has 4 heteroatoms. The van der Waals surface area contributed by atoms with E-state index in [4.69, 9.17) is 5.26 Å². The van der Waals surface area contributed by atoms with Crippen molar-refractivity contribution < 1.29 is 8.78 Å². The summed E-state index contributed by atoms with van der Waals surface area (Å²) < 4.78 is 27.5. The van der Waals surface area contributed by atoms with E-state index in [-0.39, 0.29) is 17.7 Å². The summed E-state index contributed by atoms with van der Waals surface area (Å²) in [5.41, 5.74) is 1.96. The monoisotopic (exact) mass is 286 g/mol. The third-order valence-corrected chi connectivity index (χ3v) is 3.23. The molecule has 0 aliphatic rings. The fourth-order valence-electron chi connectivity index (χ4n) is 2.10. The van der Waals surface area contributed by atoms with Gasteiger partial charge in [0, 0.05) is 17.8 Å². The molecule has 2 rings (SSSR count). The predicted molar refractivity (Wildman–Crippen MR) is 78.8 cm³/mol. The van der Waals surface area contributed by atoms with Crippen molar-refractivity contribution in [1.82, 2.24) is 0 Å². The second kappa shape index (κ2) is 6.85. The molecule has 0 aromatic heterocycles. The van der Waals surface area contributed by atoms with Crippen molar-refractivity contribution in [3.63, 3.8) is 0 Å². The summed E-state index contributed by atoms with van der Waals surface area (Å²) in [6.07, 6.45) is 2.09. The van der Waals surface area contributed by atoms with Crippen molar-refractivity contribution in [2.75, 3.05) is 5.32 Å².